The molecule has 0 saturated carbocycles. The Balaban J connectivity index is 2.12. The van der Waals surface area contributed by atoms with E-state index in [4.69, 9.17) is 15.2 Å². The molecule has 0 fully saturated rings. The van der Waals surface area contributed by atoms with Gasteiger partial charge in [-0.2, -0.15) is 0 Å². The lowest BCUT2D eigenvalue weighted by Crippen LogP contribution is -2.16. The first-order valence-corrected chi connectivity index (χ1v) is 6.01. The lowest BCUT2D eigenvalue weighted by molar-refractivity contribution is 0.171. The van der Waals surface area contributed by atoms with Gasteiger partial charge in [0.15, 0.2) is 11.5 Å². The van der Waals surface area contributed by atoms with Gasteiger partial charge in [-0.05, 0) is 0 Å². The lowest BCUT2D eigenvalue weighted by Gasteiger charge is -2.20. The van der Waals surface area contributed by atoms with E-state index in [0.29, 0.717) is 24.7 Å². The van der Waals surface area contributed by atoms with Gasteiger partial charge in [-0.25, -0.2) is 4.98 Å². The van der Waals surface area contributed by atoms with E-state index in [1.54, 1.807) is 6.20 Å². The molecule has 5 nitrogen and oxygen atoms in total. The van der Waals surface area contributed by atoms with Crippen LogP contribution in [0.5, 0.6) is 11.5 Å². The highest BCUT2D eigenvalue weighted by molar-refractivity contribution is 5.66. The Kier molecular flexibility index (Phi) is 2.59. The average Bonchev–Trinajstić information content (AvgIpc) is 2.86. The molecule has 18 heavy (non-hydrogen) atoms. The fraction of sp³-hybridized carbons (Fsp3) is 0.308. The van der Waals surface area contributed by atoms with Crippen LogP contribution in [-0.4, -0.2) is 22.8 Å². The molecular formula is C13H15N3O2. The number of fused-ring (bicyclic) bond motifs is 1. The summed E-state index contributed by atoms with van der Waals surface area (Å²) in [5.41, 5.74) is 7.62. The molecule has 0 bridgehead atoms. The predicted octanol–water partition coefficient (Wildman–Crippen LogP) is 1.79. The van der Waals surface area contributed by atoms with Crippen molar-refractivity contribution >= 4 is 5.69 Å². The van der Waals surface area contributed by atoms with Crippen molar-refractivity contribution in [3.63, 3.8) is 0 Å². The molecule has 2 heterocycles. The van der Waals surface area contributed by atoms with Crippen LogP contribution in [0.15, 0.2) is 24.5 Å². The van der Waals surface area contributed by atoms with Crippen molar-refractivity contribution in [3.8, 4) is 17.2 Å². The van der Waals surface area contributed by atoms with Gasteiger partial charge in [-0.15, -0.1) is 0 Å². The van der Waals surface area contributed by atoms with E-state index >= 15 is 0 Å². The quantitative estimate of drug-likeness (QED) is 0.819. The van der Waals surface area contributed by atoms with Crippen LogP contribution < -0.4 is 15.2 Å². The third kappa shape index (κ3) is 1.68. The highest BCUT2D eigenvalue weighted by Gasteiger charge is 2.16. The number of aryl methyl sites for hydroxylation is 1. The van der Waals surface area contributed by atoms with Crippen molar-refractivity contribution in [1.29, 1.82) is 0 Å². The van der Waals surface area contributed by atoms with E-state index in [-0.39, 0.29) is 0 Å². The largest absolute Gasteiger partial charge is 0.486 e. The number of aromatic nitrogens is 2. The maximum atomic E-state index is 6.08. The monoisotopic (exact) mass is 245 g/mol. The van der Waals surface area contributed by atoms with E-state index in [0.717, 1.165) is 23.7 Å². The maximum absolute atomic E-state index is 6.08. The van der Waals surface area contributed by atoms with Gasteiger partial charge in [0.1, 0.15) is 19.0 Å². The molecular weight excluding hydrogens is 230 g/mol. The van der Waals surface area contributed by atoms with Crippen LogP contribution in [-0.2, 0) is 6.42 Å². The van der Waals surface area contributed by atoms with E-state index < -0.39 is 0 Å². The molecule has 0 atom stereocenters. The summed E-state index contributed by atoms with van der Waals surface area (Å²) >= 11 is 0. The topological polar surface area (TPSA) is 62.3 Å². The first-order valence-electron chi connectivity index (χ1n) is 6.01. The molecule has 1 aliphatic heterocycles. The van der Waals surface area contributed by atoms with Gasteiger partial charge in [-0.1, -0.05) is 6.92 Å². The number of rotatable bonds is 2. The van der Waals surface area contributed by atoms with Gasteiger partial charge >= 0.3 is 0 Å². The van der Waals surface area contributed by atoms with Crippen LogP contribution in [0.3, 0.4) is 0 Å². The van der Waals surface area contributed by atoms with E-state index in [2.05, 4.69) is 11.9 Å². The highest BCUT2D eigenvalue weighted by Crippen LogP contribution is 2.36. The zero-order chi connectivity index (χ0) is 12.5. The van der Waals surface area contributed by atoms with Crippen molar-refractivity contribution in [2.75, 3.05) is 18.9 Å². The minimum atomic E-state index is 0.567. The van der Waals surface area contributed by atoms with Gasteiger partial charge < -0.3 is 19.8 Å². The molecule has 94 valence electrons. The Morgan fingerprint density at radius 2 is 2.00 bits per heavy atom. The number of ether oxygens (including phenoxy) is 2. The molecule has 0 saturated heterocycles. The van der Waals surface area contributed by atoms with E-state index in [9.17, 15) is 0 Å². The SMILES string of the molecule is CCc1nccn1-c1cc2c(cc1N)OCCO2. The predicted molar refractivity (Wildman–Crippen MR) is 68.3 cm³/mol. The van der Waals surface area contributed by atoms with Gasteiger partial charge in [0.2, 0.25) is 0 Å². The van der Waals surface area contributed by atoms with Crippen molar-refractivity contribution in [1.82, 2.24) is 9.55 Å². The van der Waals surface area contributed by atoms with Crippen LogP contribution in [0.2, 0.25) is 0 Å². The molecule has 1 aromatic carbocycles. The van der Waals surface area contributed by atoms with E-state index in [1.807, 2.05) is 22.9 Å². The number of benzene rings is 1. The molecule has 1 aromatic heterocycles. The third-order valence-electron chi connectivity index (χ3n) is 2.98. The lowest BCUT2D eigenvalue weighted by atomic mass is 10.2. The van der Waals surface area contributed by atoms with Crippen LogP contribution >= 0.6 is 0 Å². The Hall–Kier alpha value is -2.17. The van der Waals surface area contributed by atoms with Gasteiger partial charge in [0, 0.05) is 30.9 Å². The minimum absolute atomic E-state index is 0.567. The first-order chi connectivity index (χ1) is 8.79. The van der Waals surface area contributed by atoms with Gasteiger partial charge in [0.25, 0.3) is 0 Å². The number of nitrogen functional groups attached to an aromatic ring is 1. The number of nitrogens with two attached hydrogens (primary N) is 1. The Bertz CT molecular complexity index is 578. The van der Waals surface area contributed by atoms with Crippen molar-refractivity contribution in [3.05, 3.63) is 30.4 Å². The fourth-order valence-corrected chi connectivity index (χ4v) is 2.12. The summed E-state index contributed by atoms with van der Waals surface area (Å²) in [5, 5.41) is 0. The summed E-state index contributed by atoms with van der Waals surface area (Å²) in [5.74, 6) is 2.42. The molecule has 1 aliphatic rings. The summed E-state index contributed by atoms with van der Waals surface area (Å²) in [4.78, 5) is 4.30. The standard InChI is InChI=1S/C13H15N3O2/c1-2-13-15-3-4-16(13)10-8-12-11(7-9(10)14)17-5-6-18-12/h3-4,7-8H,2,5-6,14H2,1H3. The molecule has 0 aliphatic carbocycles. The second-order valence-corrected chi connectivity index (χ2v) is 4.12. The molecule has 2 N–H and O–H groups in total. The third-order valence-corrected chi connectivity index (χ3v) is 2.98. The fourth-order valence-electron chi connectivity index (χ4n) is 2.12. The number of anilines is 1. The molecule has 0 amide bonds. The number of hydrogen-bond donors (Lipinski definition) is 1. The zero-order valence-electron chi connectivity index (χ0n) is 10.2. The highest BCUT2D eigenvalue weighted by atomic mass is 16.6. The van der Waals surface area contributed by atoms with Crippen LogP contribution in [0.25, 0.3) is 5.69 Å². The molecule has 2 aromatic rings. The zero-order valence-corrected chi connectivity index (χ0v) is 10.2. The van der Waals surface area contributed by atoms with Gasteiger partial charge in [0.05, 0.1) is 11.4 Å². The molecule has 5 heteroatoms. The number of hydrogen-bond acceptors (Lipinski definition) is 4. The molecule has 3 rings (SSSR count). The smallest absolute Gasteiger partial charge is 0.163 e. The van der Waals surface area contributed by atoms with Crippen LogP contribution in [0, 0.1) is 0 Å². The van der Waals surface area contributed by atoms with E-state index in [1.165, 1.54) is 0 Å². The summed E-state index contributed by atoms with van der Waals surface area (Å²) < 4.78 is 13.1. The number of imidazole rings is 1. The minimum Gasteiger partial charge on any atom is -0.486 e. The summed E-state index contributed by atoms with van der Waals surface area (Å²) in [7, 11) is 0. The van der Waals surface area contributed by atoms with Crippen molar-refractivity contribution in [2.45, 2.75) is 13.3 Å². The first kappa shape index (κ1) is 11.0. The molecule has 0 spiro atoms. The summed E-state index contributed by atoms with van der Waals surface area (Å²) in [6.07, 6.45) is 4.52. The normalized spacial score (nSPS) is 13.6. The maximum Gasteiger partial charge on any atom is 0.163 e. The van der Waals surface area contributed by atoms with Crippen molar-refractivity contribution in [2.24, 2.45) is 0 Å². The van der Waals surface area contributed by atoms with Crippen molar-refractivity contribution < 1.29 is 9.47 Å². The average molecular weight is 245 g/mol. The Morgan fingerprint density at radius 3 is 2.72 bits per heavy atom. The second-order valence-electron chi connectivity index (χ2n) is 4.12. The number of nitrogens with zero attached hydrogens (tertiary/aromatic N) is 2. The van der Waals surface area contributed by atoms with Crippen LogP contribution in [0.1, 0.15) is 12.7 Å². The van der Waals surface area contributed by atoms with Crippen LogP contribution in [0.4, 0.5) is 5.69 Å². The summed E-state index contributed by atoms with van der Waals surface area (Å²) in [6.45, 7) is 3.20. The van der Waals surface area contributed by atoms with Gasteiger partial charge in [-0.3, -0.25) is 0 Å². The second kappa shape index (κ2) is 4.25. The Morgan fingerprint density at radius 1 is 1.28 bits per heavy atom. The summed E-state index contributed by atoms with van der Waals surface area (Å²) in [6, 6.07) is 3.72. The Labute approximate surface area is 105 Å². The molecule has 0 radical (unpaired) electrons. The molecule has 0 unspecified atom stereocenters.